The molecule has 1 aliphatic carbocycles. The lowest BCUT2D eigenvalue weighted by atomic mass is 10.2. The Hall–Kier alpha value is -3.34. The second kappa shape index (κ2) is 9.65. The highest BCUT2D eigenvalue weighted by Crippen LogP contribution is 2.40. The maximum Gasteiger partial charge on any atom is 0.243 e. The molecule has 1 saturated carbocycles. The van der Waals surface area contributed by atoms with E-state index in [1.807, 2.05) is 30.3 Å². The highest BCUT2D eigenvalue weighted by Gasteiger charge is 2.31. The summed E-state index contributed by atoms with van der Waals surface area (Å²) in [7, 11) is 0. The second-order valence-electron chi connectivity index (χ2n) is 7.52. The third-order valence-corrected chi connectivity index (χ3v) is 5.89. The molecule has 1 fully saturated rings. The number of amides is 2. The fourth-order valence-electron chi connectivity index (χ4n) is 3.06. The molecule has 0 radical (unpaired) electrons. The summed E-state index contributed by atoms with van der Waals surface area (Å²) in [4.78, 5) is 29.0. The molecular weight excluding hydrogens is 455 g/mol. The van der Waals surface area contributed by atoms with Gasteiger partial charge >= 0.3 is 0 Å². The fraction of sp³-hybridized carbons (Fsp3) is 0.273. The van der Waals surface area contributed by atoms with Crippen LogP contribution in [0, 0.1) is 17.5 Å². The molecule has 1 aromatic heterocycles. The standard InChI is InChI=1S/C22H20F3N5O2S/c1-12(21(32)26-11-17(31)27-16-10-9-15(23)18(24)19(16)25)33-22-28-20(13-7-8-13)30(29-22)14-5-3-2-4-6-14/h2-6,9-10,12-13H,7-8,11H2,1H3,(H,26,32)(H,27,31)/t12-/m1/s1. The lowest BCUT2D eigenvalue weighted by molar-refractivity contribution is -0.123. The smallest absolute Gasteiger partial charge is 0.243 e. The van der Waals surface area contributed by atoms with Crippen LogP contribution in [0.5, 0.6) is 0 Å². The van der Waals surface area contributed by atoms with Gasteiger partial charge in [-0.2, -0.15) is 0 Å². The van der Waals surface area contributed by atoms with E-state index in [2.05, 4.69) is 20.7 Å². The highest BCUT2D eigenvalue weighted by molar-refractivity contribution is 8.00. The van der Waals surface area contributed by atoms with Crippen LogP contribution in [0.1, 0.15) is 31.5 Å². The number of nitrogens with one attached hydrogen (secondary N) is 2. The summed E-state index contributed by atoms with van der Waals surface area (Å²) >= 11 is 1.15. The van der Waals surface area contributed by atoms with Crippen molar-refractivity contribution in [3.63, 3.8) is 0 Å². The van der Waals surface area contributed by atoms with Gasteiger partial charge in [0.2, 0.25) is 17.0 Å². The Morgan fingerprint density at radius 1 is 1.12 bits per heavy atom. The minimum Gasteiger partial charge on any atom is -0.346 e. The minimum absolute atomic E-state index is 0.344. The minimum atomic E-state index is -1.69. The molecule has 0 aliphatic heterocycles. The van der Waals surface area contributed by atoms with E-state index >= 15 is 0 Å². The molecule has 0 bridgehead atoms. The predicted octanol–water partition coefficient (Wildman–Crippen LogP) is 3.80. The monoisotopic (exact) mass is 475 g/mol. The Morgan fingerprint density at radius 3 is 2.55 bits per heavy atom. The number of carbonyl (C=O) groups is 2. The molecule has 2 N–H and O–H groups in total. The van der Waals surface area contributed by atoms with Gasteiger partial charge in [0.25, 0.3) is 0 Å². The number of halogens is 3. The molecule has 0 saturated heterocycles. The van der Waals surface area contributed by atoms with Crippen molar-refractivity contribution < 1.29 is 22.8 Å². The van der Waals surface area contributed by atoms with Crippen LogP contribution >= 0.6 is 11.8 Å². The first-order valence-electron chi connectivity index (χ1n) is 10.2. The SMILES string of the molecule is C[C@@H](Sc1nc(C2CC2)n(-c2ccccc2)n1)C(=O)NCC(=O)Nc1ccc(F)c(F)c1F. The number of aromatic nitrogens is 3. The Labute approximate surface area is 191 Å². The van der Waals surface area contributed by atoms with Gasteiger partial charge in [-0.05, 0) is 44.0 Å². The van der Waals surface area contributed by atoms with Crippen molar-refractivity contribution in [2.45, 2.75) is 36.1 Å². The molecule has 2 aromatic carbocycles. The van der Waals surface area contributed by atoms with Crippen molar-refractivity contribution >= 4 is 29.3 Å². The van der Waals surface area contributed by atoms with Crippen LogP contribution in [-0.2, 0) is 9.59 Å². The summed E-state index contributed by atoms with van der Waals surface area (Å²) in [5, 5.41) is 8.90. The van der Waals surface area contributed by atoms with Gasteiger partial charge in [-0.15, -0.1) is 5.10 Å². The molecule has 7 nitrogen and oxygen atoms in total. The molecule has 1 atom stereocenters. The molecule has 0 spiro atoms. The first-order chi connectivity index (χ1) is 15.8. The van der Waals surface area contributed by atoms with Crippen LogP contribution in [0.2, 0.25) is 0 Å². The molecular formula is C22H20F3N5O2S. The van der Waals surface area contributed by atoms with Crippen LogP contribution in [0.3, 0.4) is 0 Å². The number of thioether (sulfide) groups is 1. The number of nitrogens with zero attached hydrogens (tertiary/aromatic N) is 3. The van der Waals surface area contributed by atoms with Crippen molar-refractivity contribution in [3.05, 3.63) is 65.7 Å². The van der Waals surface area contributed by atoms with Gasteiger partial charge in [-0.25, -0.2) is 22.8 Å². The van der Waals surface area contributed by atoms with E-state index in [1.54, 1.807) is 11.6 Å². The maximum absolute atomic E-state index is 13.7. The van der Waals surface area contributed by atoms with Crippen molar-refractivity contribution in [3.8, 4) is 5.69 Å². The average molecular weight is 475 g/mol. The fourth-order valence-corrected chi connectivity index (χ4v) is 3.84. The summed E-state index contributed by atoms with van der Waals surface area (Å²) in [6.45, 7) is 1.17. The molecule has 172 valence electrons. The molecule has 11 heteroatoms. The van der Waals surface area contributed by atoms with E-state index in [4.69, 9.17) is 0 Å². The highest BCUT2D eigenvalue weighted by atomic mass is 32.2. The summed E-state index contributed by atoms with van der Waals surface area (Å²) in [6, 6.07) is 11.2. The van der Waals surface area contributed by atoms with Gasteiger partial charge in [0.15, 0.2) is 17.5 Å². The van der Waals surface area contributed by atoms with Crippen LogP contribution in [-0.4, -0.2) is 38.4 Å². The summed E-state index contributed by atoms with van der Waals surface area (Å²) < 4.78 is 41.7. The Morgan fingerprint density at radius 2 is 1.85 bits per heavy atom. The number of benzene rings is 2. The number of hydrogen-bond donors (Lipinski definition) is 2. The quantitative estimate of drug-likeness (QED) is 0.382. The van der Waals surface area contributed by atoms with Crippen LogP contribution in [0.4, 0.5) is 18.9 Å². The van der Waals surface area contributed by atoms with E-state index in [-0.39, 0.29) is 0 Å². The number of hydrogen-bond acceptors (Lipinski definition) is 5. The van der Waals surface area contributed by atoms with Gasteiger partial charge in [-0.1, -0.05) is 30.0 Å². The van der Waals surface area contributed by atoms with E-state index < -0.39 is 46.7 Å². The zero-order chi connectivity index (χ0) is 23.5. The molecule has 1 aliphatic rings. The molecule has 2 amide bonds. The van der Waals surface area contributed by atoms with Gasteiger partial charge in [-0.3, -0.25) is 9.59 Å². The number of carbonyl (C=O) groups excluding carboxylic acids is 2. The van der Waals surface area contributed by atoms with Gasteiger partial charge in [0.05, 0.1) is 23.2 Å². The van der Waals surface area contributed by atoms with Crippen molar-refractivity contribution in [2.24, 2.45) is 0 Å². The average Bonchev–Trinajstić information content (AvgIpc) is 3.58. The normalized spacial score (nSPS) is 14.1. The second-order valence-corrected chi connectivity index (χ2v) is 8.83. The molecule has 33 heavy (non-hydrogen) atoms. The number of rotatable bonds is 8. The van der Waals surface area contributed by atoms with Gasteiger partial charge in [0.1, 0.15) is 5.82 Å². The molecule has 4 rings (SSSR count). The number of anilines is 1. The van der Waals surface area contributed by atoms with E-state index in [0.717, 1.165) is 42.2 Å². The molecule has 0 unspecified atom stereocenters. The topological polar surface area (TPSA) is 88.9 Å². The third-order valence-electron chi connectivity index (χ3n) is 4.94. The Kier molecular flexibility index (Phi) is 6.68. The van der Waals surface area contributed by atoms with Crippen molar-refractivity contribution in [1.29, 1.82) is 0 Å². The van der Waals surface area contributed by atoms with Crippen LogP contribution in [0.25, 0.3) is 5.69 Å². The van der Waals surface area contributed by atoms with E-state index in [0.29, 0.717) is 17.1 Å². The van der Waals surface area contributed by atoms with Crippen molar-refractivity contribution in [1.82, 2.24) is 20.1 Å². The maximum atomic E-state index is 13.7. The lowest BCUT2D eigenvalue weighted by Crippen LogP contribution is -2.37. The number of para-hydroxylation sites is 1. The van der Waals surface area contributed by atoms with Gasteiger partial charge < -0.3 is 10.6 Å². The Bertz CT molecular complexity index is 1180. The van der Waals surface area contributed by atoms with Crippen LogP contribution < -0.4 is 10.6 Å². The summed E-state index contributed by atoms with van der Waals surface area (Å²) in [6.07, 6.45) is 2.08. The Balaban J connectivity index is 1.34. The zero-order valence-electron chi connectivity index (χ0n) is 17.5. The lowest BCUT2D eigenvalue weighted by Gasteiger charge is -2.11. The summed E-state index contributed by atoms with van der Waals surface area (Å²) in [5.74, 6) is -4.60. The van der Waals surface area contributed by atoms with Crippen LogP contribution in [0.15, 0.2) is 47.6 Å². The molecule has 1 heterocycles. The molecule has 3 aromatic rings. The third kappa shape index (κ3) is 5.36. The summed E-state index contributed by atoms with van der Waals surface area (Å²) in [5.41, 5.74) is 0.371. The van der Waals surface area contributed by atoms with Gasteiger partial charge in [0, 0.05) is 5.92 Å². The van der Waals surface area contributed by atoms with E-state index in [9.17, 15) is 22.8 Å². The van der Waals surface area contributed by atoms with Crippen molar-refractivity contribution in [2.75, 3.05) is 11.9 Å². The zero-order valence-corrected chi connectivity index (χ0v) is 18.3. The van der Waals surface area contributed by atoms with E-state index in [1.165, 1.54) is 0 Å². The first kappa shape index (κ1) is 22.8. The first-order valence-corrected chi connectivity index (χ1v) is 11.1. The largest absolute Gasteiger partial charge is 0.346 e. The predicted molar refractivity (Wildman–Crippen MR) is 117 cm³/mol.